The molecule has 4 aromatic heterocycles. The number of hydrogen-bond acceptors (Lipinski definition) is 25. The summed E-state index contributed by atoms with van der Waals surface area (Å²) in [6.07, 6.45) is 5.51. The Balaban J connectivity index is 1.14. The molecule has 2 fully saturated rings. The summed E-state index contributed by atoms with van der Waals surface area (Å²) < 4.78 is 49.8. The highest BCUT2D eigenvalue weighted by Crippen LogP contribution is 2.25. The van der Waals surface area contributed by atoms with Gasteiger partial charge in [0.05, 0.1) is 133 Å². The van der Waals surface area contributed by atoms with Crippen LogP contribution < -0.4 is 5.73 Å². The number of rotatable bonds is 28. The molecule has 26 nitrogen and oxygen atoms in total. The quantitative estimate of drug-likeness (QED) is 0.0244. The lowest BCUT2D eigenvalue weighted by Gasteiger charge is -2.26. The zero-order valence-corrected chi connectivity index (χ0v) is 56.3. The summed E-state index contributed by atoms with van der Waals surface area (Å²) in [5.41, 5.74) is 8.31. The summed E-state index contributed by atoms with van der Waals surface area (Å²) >= 11 is 8.29. The molecule has 2 saturated heterocycles. The molecule has 29 heteroatoms. The predicted molar refractivity (Wildman–Crippen MR) is 361 cm³/mol. The number of nitrogens with two attached hydrogens (primary N) is 1. The Morgan fingerprint density at radius 3 is 1.21 bits per heavy atom. The highest BCUT2D eigenvalue weighted by atomic mass is 32.2. The van der Waals surface area contributed by atoms with E-state index in [0.717, 1.165) is 50.0 Å². The average molecular weight is 1370 g/mol. The van der Waals surface area contributed by atoms with Crippen molar-refractivity contribution < 1.29 is 77.5 Å². The van der Waals surface area contributed by atoms with Gasteiger partial charge >= 0.3 is 23.9 Å². The first-order chi connectivity index (χ1) is 45.8. The predicted octanol–water partition coefficient (Wildman–Crippen LogP) is 6.10. The van der Waals surface area contributed by atoms with Crippen molar-refractivity contribution in [2.75, 3.05) is 181 Å². The number of isothiocyanates is 1. The van der Waals surface area contributed by atoms with E-state index in [0.29, 0.717) is 216 Å². The van der Waals surface area contributed by atoms with E-state index in [1.54, 1.807) is 59.9 Å². The monoisotopic (exact) mass is 1370 g/mol. The number of pyridine rings is 4. The van der Waals surface area contributed by atoms with Crippen LogP contribution in [0.1, 0.15) is 103 Å². The number of carbonyl (C=O) groups is 4. The lowest BCUT2D eigenvalue weighted by molar-refractivity contribution is -0.0238. The molecule has 518 valence electrons. The van der Waals surface area contributed by atoms with Crippen molar-refractivity contribution in [1.82, 2.24) is 39.5 Å². The Morgan fingerprint density at radius 2 is 0.830 bits per heavy atom. The number of hydrogen-bond donors (Lipinski definition) is 5. The van der Waals surface area contributed by atoms with Crippen molar-refractivity contribution in [3.05, 3.63) is 106 Å². The molecular formula is C65H94N10O16S3. The smallest absolute Gasteiger partial charge is 0.354 e. The molecule has 2 aliphatic rings. The third kappa shape index (κ3) is 32.0. The molecule has 94 heavy (non-hydrogen) atoms. The van der Waals surface area contributed by atoms with Gasteiger partial charge in [0.25, 0.3) is 0 Å². The number of thiocarbonyl (C=S) groups is 1. The van der Waals surface area contributed by atoms with Crippen LogP contribution in [0, 0.1) is 0 Å². The van der Waals surface area contributed by atoms with Crippen LogP contribution in [-0.4, -0.2) is 282 Å². The normalized spacial score (nSPS) is 18.8. The lowest BCUT2D eigenvalue weighted by atomic mass is 10.0. The molecule has 0 spiro atoms. The fourth-order valence-electron chi connectivity index (χ4n) is 10.1. The Labute approximate surface area is 565 Å². The summed E-state index contributed by atoms with van der Waals surface area (Å²) in [7, 11) is 0. The highest BCUT2D eigenvalue weighted by Gasteiger charge is 2.21. The third-order valence-corrected chi connectivity index (χ3v) is 17.5. The fraction of sp³-hybridized carbons (Fsp3) is 0.615. The van der Waals surface area contributed by atoms with E-state index in [2.05, 4.69) is 49.7 Å². The maximum absolute atomic E-state index is 12.8. The van der Waals surface area contributed by atoms with Crippen molar-refractivity contribution in [3.63, 3.8) is 0 Å². The van der Waals surface area contributed by atoms with Gasteiger partial charge in [0.2, 0.25) is 0 Å². The third-order valence-electron chi connectivity index (χ3n) is 15.0. The van der Waals surface area contributed by atoms with Crippen LogP contribution in [0.15, 0.2) is 65.7 Å². The van der Waals surface area contributed by atoms with E-state index in [1.165, 1.54) is 24.3 Å². The lowest BCUT2D eigenvalue weighted by Crippen LogP contribution is -2.35. The van der Waals surface area contributed by atoms with E-state index < -0.39 is 23.9 Å². The van der Waals surface area contributed by atoms with E-state index in [9.17, 15) is 39.6 Å². The van der Waals surface area contributed by atoms with E-state index in [4.69, 9.17) is 55.8 Å². The number of thioether (sulfide) groups is 2. The SMILES string of the molecule is NCCCCCSC[C@@H]1COCCN(Cc2cccc(C(=O)O)n2)CCOCCOCCN(Cc2cc(-c3cc(CN4CCOCCOCCN(Cc5cccc(C(=O)O)n5)CCO[C@H](CSCCCCCN=C=S)COCC4)nc(C(=O)O)c3)cc(C(=O)O)n2)CCO1. The average Bonchev–Trinajstić information content (AvgIpc) is 0.829. The molecule has 0 saturated carbocycles. The van der Waals surface area contributed by atoms with Crippen LogP contribution in [0.3, 0.4) is 0 Å². The van der Waals surface area contributed by atoms with Crippen molar-refractivity contribution in [3.8, 4) is 11.1 Å². The van der Waals surface area contributed by atoms with Crippen LogP contribution in [0.25, 0.3) is 11.1 Å². The van der Waals surface area contributed by atoms with Gasteiger partial charge in [-0.15, -0.1) is 0 Å². The van der Waals surface area contributed by atoms with E-state index in [1.807, 2.05) is 0 Å². The van der Waals surface area contributed by atoms with Crippen LogP contribution in [-0.2, 0) is 64.1 Å². The second-order valence-corrected chi connectivity index (χ2v) is 24.9. The van der Waals surface area contributed by atoms with Gasteiger partial charge in [-0.3, -0.25) is 19.6 Å². The number of unbranched alkanes of at least 4 members (excludes halogenated alkanes) is 4. The van der Waals surface area contributed by atoms with Crippen LogP contribution in [0.2, 0.25) is 0 Å². The Bertz CT molecular complexity index is 2920. The van der Waals surface area contributed by atoms with Crippen molar-refractivity contribution in [1.29, 1.82) is 0 Å². The molecule has 6 heterocycles. The van der Waals surface area contributed by atoms with Gasteiger partial charge in [-0.2, -0.15) is 23.5 Å². The number of ether oxygens (including phenoxy) is 8. The van der Waals surface area contributed by atoms with Gasteiger partial charge in [0.1, 0.15) is 22.8 Å². The first-order valence-electron chi connectivity index (χ1n) is 32.2. The molecule has 6 N–H and O–H groups in total. The Kier molecular flexibility index (Phi) is 38.4. The topological polar surface area (TPSA) is 326 Å². The number of aromatic nitrogens is 4. The summed E-state index contributed by atoms with van der Waals surface area (Å²) in [5.74, 6) is -1.41. The zero-order chi connectivity index (χ0) is 66.8. The maximum atomic E-state index is 12.8. The summed E-state index contributed by atoms with van der Waals surface area (Å²) in [6.45, 7) is 11.2. The molecule has 0 bridgehead atoms. The standard InChI is InChI=1S/C65H94N10O16S3/c66-13-3-1-5-35-93-47-56-45-88-27-19-72(41-52-9-7-11-58(68-52)62(76)77)15-23-84-31-34-87-26-18-75(22-30-91-56)44-55-38-51(40-61(71-55)65(82)83)50-37-54(70-60(39-50)64(80)81)43-73-16-24-85-32-33-86-25-17-74(42-53-10-8-12-59(69-53)63(78)79)21-29-90-57(46-89-28-20-73)48-94-36-6-2-4-14-67-49-92/h7-12,37-40,56-57H,1-6,13-36,41-48,66H2,(H,76,77)(H,78,79)(H,80,81)(H,82,83)/t56-,57-/m0/s1. The molecule has 2 aliphatic heterocycles. The van der Waals surface area contributed by atoms with Crippen LogP contribution in [0.5, 0.6) is 0 Å². The van der Waals surface area contributed by atoms with Gasteiger partial charge in [0, 0.05) is 96.6 Å². The Morgan fingerprint density at radius 1 is 0.468 bits per heavy atom. The number of aromatic carboxylic acids is 4. The molecule has 0 unspecified atom stereocenters. The molecule has 4 aromatic rings. The minimum atomic E-state index is -1.25. The number of carboxylic acid groups (broad SMARTS) is 4. The first-order valence-corrected chi connectivity index (χ1v) is 34.9. The largest absolute Gasteiger partial charge is 0.477 e. The Hall–Kier alpha value is -5.54. The minimum Gasteiger partial charge on any atom is -0.477 e. The molecule has 6 rings (SSSR count). The zero-order valence-electron chi connectivity index (χ0n) is 53.8. The van der Waals surface area contributed by atoms with Crippen molar-refractivity contribution in [2.24, 2.45) is 10.7 Å². The summed E-state index contributed by atoms with van der Waals surface area (Å²) in [6, 6.07) is 16.4. The number of carboxylic acids is 4. The highest BCUT2D eigenvalue weighted by molar-refractivity contribution is 7.99. The number of nitrogens with zero attached hydrogens (tertiary/aromatic N) is 9. The first kappa shape index (κ1) is 77.5. The van der Waals surface area contributed by atoms with Crippen LogP contribution >= 0.6 is 35.7 Å². The van der Waals surface area contributed by atoms with Gasteiger partial charge < -0.3 is 64.1 Å². The van der Waals surface area contributed by atoms with E-state index >= 15 is 0 Å². The molecule has 0 amide bonds. The molecule has 0 aromatic carbocycles. The molecule has 0 radical (unpaired) electrons. The number of aliphatic imine (C=N–C) groups is 1. The summed E-state index contributed by atoms with van der Waals surface area (Å²) in [5, 5.41) is 42.5. The van der Waals surface area contributed by atoms with E-state index in [-0.39, 0.29) is 48.1 Å². The van der Waals surface area contributed by atoms with Crippen LogP contribution in [0.4, 0.5) is 0 Å². The van der Waals surface area contributed by atoms with Crippen molar-refractivity contribution >= 4 is 64.8 Å². The maximum Gasteiger partial charge on any atom is 0.354 e. The van der Waals surface area contributed by atoms with Gasteiger partial charge in [-0.25, -0.2) is 44.1 Å². The van der Waals surface area contributed by atoms with Crippen molar-refractivity contribution in [2.45, 2.75) is 76.9 Å². The second kappa shape index (κ2) is 46.6. The summed E-state index contributed by atoms with van der Waals surface area (Å²) in [4.78, 5) is 79.3. The van der Waals surface area contributed by atoms with Gasteiger partial charge in [-0.05, 0) is 116 Å². The van der Waals surface area contributed by atoms with Gasteiger partial charge in [-0.1, -0.05) is 25.0 Å². The minimum absolute atomic E-state index is 0.0188. The molecule has 0 aliphatic carbocycles. The molecule has 2 atom stereocenters. The van der Waals surface area contributed by atoms with Gasteiger partial charge in [0.15, 0.2) is 0 Å². The molecular weight excluding hydrogens is 1270 g/mol. The second-order valence-electron chi connectivity index (χ2n) is 22.4. The fourth-order valence-corrected chi connectivity index (χ4v) is 12.2.